The number of hydrogen-bond donors (Lipinski definition) is 3. The van der Waals surface area contributed by atoms with Gasteiger partial charge in [-0.2, -0.15) is 5.10 Å². The van der Waals surface area contributed by atoms with Crippen molar-refractivity contribution in [1.29, 1.82) is 0 Å². The predicted octanol–water partition coefficient (Wildman–Crippen LogP) is 2.74. The molecule has 0 bridgehead atoms. The summed E-state index contributed by atoms with van der Waals surface area (Å²) >= 11 is 0. The third-order valence-corrected chi connectivity index (χ3v) is 5.54. The van der Waals surface area contributed by atoms with E-state index >= 15 is 0 Å². The van der Waals surface area contributed by atoms with Gasteiger partial charge in [0.15, 0.2) is 5.96 Å². The van der Waals surface area contributed by atoms with E-state index < -0.39 is 0 Å². The van der Waals surface area contributed by atoms with Crippen LogP contribution in [0.4, 0.5) is 11.4 Å². The SMILES string of the molecule is CN=C(NCc1cccc(NC(=O)Cn2cccn2)c1)N1CCN(c2ccccc2O)CC1.I. The van der Waals surface area contributed by atoms with E-state index in [-0.39, 0.29) is 36.4 Å². The number of hydrogen-bond acceptors (Lipinski definition) is 5. The van der Waals surface area contributed by atoms with Crippen molar-refractivity contribution in [3.63, 3.8) is 0 Å². The lowest BCUT2D eigenvalue weighted by molar-refractivity contribution is -0.116. The second-order valence-corrected chi connectivity index (χ2v) is 7.82. The van der Waals surface area contributed by atoms with Crippen LogP contribution in [0.1, 0.15) is 5.56 Å². The fourth-order valence-corrected chi connectivity index (χ4v) is 3.90. The van der Waals surface area contributed by atoms with Gasteiger partial charge in [0, 0.05) is 57.9 Å². The Balaban J connectivity index is 0.00000324. The third-order valence-electron chi connectivity index (χ3n) is 5.54. The lowest BCUT2D eigenvalue weighted by atomic mass is 10.2. The molecule has 1 aliphatic rings. The van der Waals surface area contributed by atoms with E-state index in [2.05, 4.69) is 30.5 Å². The summed E-state index contributed by atoms with van der Waals surface area (Å²) in [5.41, 5.74) is 2.66. The second-order valence-electron chi connectivity index (χ2n) is 7.82. The molecular formula is C24H30IN7O2. The molecule has 1 aromatic heterocycles. The fourth-order valence-electron chi connectivity index (χ4n) is 3.90. The highest BCUT2D eigenvalue weighted by atomic mass is 127. The Kier molecular flexibility index (Phi) is 9.14. The standard InChI is InChI=1S/C24H29N7O2.HI/c1-25-24(30-14-12-29(13-15-30)21-8-2-3-9-22(21)32)26-17-19-6-4-7-20(16-19)28-23(33)18-31-11-5-10-27-31;/h2-11,16,32H,12-15,17-18H2,1H3,(H,25,26)(H,28,33);1H. The summed E-state index contributed by atoms with van der Waals surface area (Å²) in [6.07, 6.45) is 3.41. The van der Waals surface area contributed by atoms with Gasteiger partial charge in [0.25, 0.3) is 0 Å². The Labute approximate surface area is 216 Å². The number of aromatic nitrogens is 2. The van der Waals surface area contributed by atoms with Crippen molar-refractivity contribution in [3.05, 3.63) is 72.6 Å². The van der Waals surface area contributed by atoms with E-state index in [1.807, 2.05) is 42.5 Å². The molecule has 3 N–H and O–H groups in total. The molecule has 10 heteroatoms. The van der Waals surface area contributed by atoms with Crippen LogP contribution in [0.15, 0.2) is 72.0 Å². The lowest BCUT2D eigenvalue weighted by Crippen LogP contribution is -2.52. The second kappa shape index (κ2) is 12.3. The highest BCUT2D eigenvalue weighted by Gasteiger charge is 2.21. The molecule has 1 amide bonds. The monoisotopic (exact) mass is 575 g/mol. The highest BCUT2D eigenvalue weighted by molar-refractivity contribution is 14.0. The molecular weight excluding hydrogens is 545 g/mol. The summed E-state index contributed by atoms with van der Waals surface area (Å²) in [6, 6.07) is 17.0. The van der Waals surface area contributed by atoms with Crippen LogP contribution in [0.25, 0.3) is 0 Å². The maximum atomic E-state index is 12.2. The molecule has 9 nitrogen and oxygen atoms in total. The van der Waals surface area contributed by atoms with E-state index in [0.717, 1.165) is 49.1 Å². The molecule has 1 fully saturated rings. The number of carbonyl (C=O) groups is 1. The lowest BCUT2D eigenvalue weighted by Gasteiger charge is -2.37. The minimum atomic E-state index is -0.123. The van der Waals surface area contributed by atoms with Crippen LogP contribution in [0.2, 0.25) is 0 Å². The molecule has 3 aromatic rings. The average Bonchev–Trinajstić information content (AvgIpc) is 3.33. The first-order chi connectivity index (χ1) is 16.1. The summed E-state index contributed by atoms with van der Waals surface area (Å²) in [5, 5.41) is 20.5. The smallest absolute Gasteiger partial charge is 0.246 e. The predicted molar refractivity (Wildman–Crippen MR) is 145 cm³/mol. The molecule has 0 saturated carbocycles. The van der Waals surface area contributed by atoms with E-state index in [1.165, 1.54) is 0 Å². The number of amides is 1. The van der Waals surface area contributed by atoms with Crippen LogP contribution in [-0.2, 0) is 17.9 Å². The average molecular weight is 575 g/mol. The van der Waals surface area contributed by atoms with Gasteiger partial charge in [0.2, 0.25) is 5.91 Å². The molecule has 0 spiro atoms. The maximum Gasteiger partial charge on any atom is 0.246 e. The Bertz CT molecular complexity index is 1100. The summed E-state index contributed by atoms with van der Waals surface area (Å²) in [6.45, 7) is 3.98. The largest absolute Gasteiger partial charge is 0.506 e. The minimum Gasteiger partial charge on any atom is -0.506 e. The molecule has 0 aliphatic carbocycles. The van der Waals surface area contributed by atoms with Gasteiger partial charge < -0.3 is 25.5 Å². The van der Waals surface area contributed by atoms with Gasteiger partial charge >= 0.3 is 0 Å². The van der Waals surface area contributed by atoms with Gasteiger partial charge in [-0.15, -0.1) is 24.0 Å². The topological polar surface area (TPSA) is 98.0 Å². The van der Waals surface area contributed by atoms with Crippen molar-refractivity contribution >= 4 is 47.2 Å². The van der Waals surface area contributed by atoms with Gasteiger partial charge in [-0.1, -0.05) is 24.3 Å². The number of benzene rings is 2. The first-order valence-electron chi connectivity index (χ1n) is 11.0. The first kappa shape index (κ1) is 25.3. The van der Waals surface area contributed by atoms with Gasteiger partial charge in [-0.25, -0.2) is 0 Å². The quantitative estimate of drug-likeness (QED) is 0.238. The Morgan fingerprint density at radius 1 is 1.09 bits per heavy atom. The van der Waals surface area contributed by atoms with E-state index in [1.54, 1.807) is 36.3 Å². The third kappa shape index (κ3) is 6.62. The normalized spacial score (nSPS) is 13.9. The molecule has 2 aromatic carbocycles. The van der Waals surface area contributed by atoms with Crippen LogP contribution in [0, 0.1) is 0 Å². The molecule has 0 unspecified atom stereocenters. The first-order valence-corrected chi connectivity index (χ1v) is 11.0. The maximum absolute atomic E-state index is 12.2. The number of aromatic hydroxyl groups is 1. The van der Waals surface area contributed by atoms with Gasteiger partial charge in [-0.05, 0) is 35.9 Å². The number of guanidine groups is 1. The number of nitrogens with zero attached hydrogens (tertiary/aromatic N) is 5. The van der Waals surface area contributed by atoms with Crippen molar-refractivity contribution in [2.45, 2.75) is 13.1 Å². The Hall–Kier alpha value is -3.28. The number of piperazine rings is 1. The molecule has 1 saturated heterocycles. The minimum absolute atomic E-state index is 0. The number of halogens is 1. The molecule has 1 aliphatic heterocycles. The summed E-state index contributed by atoms with van der Waals surface area (Å²) in [4.78, 5) is 21.1. The van der Waals surface area contributed by atoms with Gasteiger partial charge in [-0.3, -0.25) is 14.5 Å². The fraction of sp³-hybridized carbons (Fsp3) is 0.292. The number of nitrogens with one attached hydrogen (secondary N) is 2. The zero-order chi connectivity index (χ0) is 23.0. The number of anilines is 2. The molecule has 34 heavy (non-hydrogen) atoms. The molecule has 0 radical (unpaired) electrons. The number of rotatable bonds is 6. The zero-order valence-corrected chi connectivity index (χ0v) is 21.4. The summed E-state index contributed by atoms with van der Waals surface area (Å²) in [7, 11) is 1.78. The number of aliphatic imine (C=N–C) groups is 1. The van der Waals surface area contributed by atoms with Crippen LogP contribution >= 0.6 is 24.0 Å². The summed E-state index contributed by atoms with van der Waals surface area (Å²) in [5.74, 6) is 1.02. The van der Waals surface area contributed by atoms with Gasteiger partial charge in [0.05, 0.1) is 5.69 Å². The molecule has 0 atom stereocenters. The number of para-hydroxylation sites is 2. The van der Waals surface area contributed by atoms with Gasteiger partial charge in [0.1, 0.15) is 12.3 Å². The number of phenols is 1. The highest BCUT2D eigenvalue weighted by Crippen LogP contribution is 2.27. The molecule has 2 heterocycles. The van der Waals surface area contributed by atoms with Crippen molar-refractivity contribution in [1.82, 2.24) is 20.0 Å². The van der Waals surface area contributed by atoms with Crippen LogP contribution in [-0.4, -0.2) is 64.9 Å². The van der Waals surface area contributed by atoms with Crippen molar-refractivity contribution in [3.8, 4) is 5.75 Å². The number of carbonyl (C=O) groups excluding carboxylic acids is 1. The van der Waals surface area contributed by atoms with Crippen molar-refractivity contribution < 1.29 is 9.90 Å². The Morgan fingerprint density at radius 2 is 1.88 bits per heavy atom. The zero-order valence-electron chi connectivity index (χ0n) is 19.1. The Morgan fingerprint density at radius 3 is 2.59 bits per heavy atom. The summed E-state index contributed by atoms with van der Waals surface area (Å²) < 4.78 is 1.59. The molecule has 180 valence electrons. The van der Waals surface area contributed by atoms with E-state index in [9.17, 15) is 9.90 Å². The van der Waals surface area contributed by atoms with Crippen LogP contribution in [0.3, 0.4) is 0 Å². The van der Waals surface area contributed by atoms with Crippen molar-refractivity contribution in [2.75, 3.05) is 43.4 Å². The van der Waals surface area contributed by atoms with Crippen LogP contribution < -0.4 is 15.5 Å². The molecule has 4 rings (SSSR count). The van der Waals surface area contributed by atoms with Crippen LogP contribution in [0.5, 0.6) is 5.75 Å². The van der Waals surface area contributed by atoms with E-state index in [0.29, 0.717) is 12.3 Å². The van der Waals surface area contributed by atoms with Crippen molar-refractivity contribution in [2.24, 2.45) is 4.99 Å². The van der Waals surface area contributed by atoms with E-state index in [4.69, 9.17) is 0 Å². The number of phenolic OH excluding ortho intramolecular Hbond substituents is 1.